The van der Waals surface area contributed by atoms with E-state index in [4.69, 9.17) is 11.6 Å². The van der Waals surface area contributed by atoms with Crippen LogP contribution in [0.25, 0.3) is 0 Å². The van der Waals surface area contributed by atoms with Crippen LogP contribution in [-0.2, 0) is 0 Å². The molecule has 2 amide bonds. The second kappa shape index (κ2) is 7.34. The van der Waals surface area contributed by atoms with E-state index in [0.717, 1.165) is 42.1 Å². The van der Waals surface area contributed by atoms with Gasteiger partial charge in [0.2, 0.25) is 0 Å². The quantitative estimate of drug-likeness (QED) is 0.924. The zero-order valence-corrected chi connectivity index (χ0v) is 14.7. The molecule has 0 aromatic heterocycles. The molecule has 0 radical (unpaired) electrons. The third-order valence-electron chi connectivity index (χ3n) is 4.58. The van der Waals surface area contributed by atoms with Gasteiger partial charge in [-0.1, -0.05) is 29.8 Å². The molecule has 0 bridgehead atoms. The van der Waals surface area contributed by atoms with E-state index in [-0.39, 0.29) is 12.1 Å². The number of hydrogen-bond acceptors (Lipinski definition) is 2. The molecule has 1 N–H and O–H groups in total. The third-order valence-corrected chi connectivity index (χ3v) is 5.10. The summed E-state index contributed by atoms with van der Waals surface area (Å²) in [4.78, 5) is 16.6. The summed E-state index contributed by atoms with van der Waals surface area (Å²) in [6.07, 6.45) is 2.06. The van der Waals surface area contributed by atoms with Crippen molar-refractivity contribution < 1.29 is 4.79 Å². The number of likely N-dealkylation sites (tertiary alicyclic amines) is 1. The first-order valence-corrected chi connectivity index (χ1v) is 8.24. The van der Waals surface area contributed by atoms with Gasteiger partial charge in [0.05, 0.1) is 6.04 Å². The fourth-order valence-corrected chi connectivity index (χ4v) is 3.21. The van der Waals surface area contributed by atoms with Crippen molar-refractivity contribution in [1.82, 2.24) is 15.1 Å². The number of carbonyl (C=O) groups is 1. The van der Waals surface area contributed by atoms with Gasteiger partial charge >= 0.3 is 6.03 Å². The van der Waals surface area contributed by atoms with Crippen LogP contribution in [0.3, 0.4) is 0 Å². The molecule has 0 saturated carbocycles. The monoisotopic (exact) mass is 323 g/mol. The minimum Gasteiger partial charge on any atom is -0.331 e. The Hall–Kier alpha value is -1.26. The predicted octanol–water partition coefficient (Wildman–Crippen LogP) is 3.45. The molecule has 1 aliphatic rings. The van der Waals surface area contributed by atoms with Crippen molar-refractivity contribution in [3.8, 4) is 0 Å². The summed E-state index contributed by atoms with van der Waals surface area (Å²) < 4.78 is 0. The molecule has 122 valence electrons. The Morgan fingerprint density at radius 2 is 2.05 bits per heavy atom. The van der Waals surface area contributed by atoms with Crippen molar-refractivity contribution in [2.45, 2.75) is 38.8 Å². The number of piperidine rings is 1. The minimum absolute atomic E-state index is 0.0281. The number of aryl methyl sites for hydroxylation is 1. The number of nitrogens with zero attached hydrogens (tertiary/aromatic N) is 2. The normalized spacial score (nSPS) is 18.0. The smallest absolute Gasteiger partial charge is 0.317 e. The lowest BCUT2D eigenvalue weighted by Crippen LogP contribution is -2.48. The highest BCUT2D eigenvalue weighted by atomic mass is 35.5. The second-order valence-corrected chi connectivity index (χ2v) is 6.67. The van der Waals surface area contributed by atoms with Crippen LogP contribution >= 0.6 is 11.6 Å². The van der Waals surface area contributed by atoms with Gasteiger partial charge < -0.3 is 15.1 Å². The van der Waals surface area contributed by atoms with Crippen LogP contribution in [0.5, 0.6) is 0 Å². The highest BCUT2D eigenvalue weighted by Gasteiger charge is 2.25. The molecule has 0 spiro atoms. The van der Waals surface area contributed by atoms with E-state index in [1.165, 1.54) is 0 Å². The van der Waals surface area contributed by atoms with E-state index >= 15 is 0 Å². The number of urea groups is 1. The highest BCUT2D eigenvalue weighted by molar-refractivity contribution is 6.32. The summed E-state index contributed by atoms with van der Waals surface area (Å²) in [5.74, 6) is 0. The summed E-state index contributed by atoms with van der Waals surface area (Å²) >= 11 is 6.35. The van der Waals surface area contributed by atoms with Gasteiger partial charge in [-0.05, 0) is 58.0 Å². The number of benzene rings is 1. The van der Waals surface area contributed by atoms with Crippen molar-refractivity contribution in [2.75, 3.05) is 27.2 Å². The maximum absolute atomic E-state index is 12.5. The third kappa shape index (κ3) is 3.93. The Labute approximate surface area is 138 Å². The lowest BCUT2D eigenvalue weighted by Gasteiger charge is -2.35. The maximum atomic E-state index is 12.5. The second-order valence-electron chi connectivity index (χ2n) is 6.29. The van der Waals surface area contributed by atoms with E-state index in [0.29, 0.717) is 6.04 Å². The fraction of sp³-hybridized carbons (Fsp3) is 0.588. The van der Waals surface area contributed by atoms with Crippen molar-refractivity contribution in [3.63, 3.8) is 0 Å². The van der Waals surface area contributed by atoms with Gasteiger partial charge in [0.25, 0.3) is 0 Å². The molecule has 1 saturated heterocycles. The van der Waals surface area contributed by atoms with Gasteiger partial charge in [-0.2, -0.15) is 0 Å². The maximum Gasteiger partial charge on any atom is 0.317 e. The first-order chi connectivity index (χ1) is 10.4. The van der Waals surface area contributed by atoms with Gasteiger partial charge in [-0.15, -0.1) is 0 Å². The van der Waals surface area contributed by atoms with Crippen LogP contribution in [0.2, 0.25) is 5.02 Å². The Balaban J connectivity index is 1.97. The minimum atomic E-state index is -0.103. The van der Waals surface area contributed by atoms with E-state index in [2.05, 4.69) is 17.3 Å². The van der Waals surface area contributed by atoms with E-state index in [1.807, 2.05) is 44.0 Å². The average Bonchev–Trinajstić information content (AvgIpc) is 2.50. The van der Waals surface area contributed by atoms with Gasteiger partial charge in [0.15, 0.2) is 0 Å². The highest BCUT2D eigenvalue weighted by Crippen LogP contribution is 2.26. The summed E-state index contributed by atoms with van der Waals surface area (Å²) in [5.41, 5.74) is 2.00. The number of carbonyl (C=O) groups excluding carboxylic acids is 1. The van der Waals surface area contributed by atoms with Crippen LogP contribution in [0, 0.1) is 6.92 Å². The molecule has 4 nitrogen and oxygen atoms in total. The van der Waals surface area contributed by atoms with Crippen LogP contribution in [0.15, 0.2) is 18.2 Å². The van der Waals surface area contributed by atoms with Crippen LogP contribution in [0.4, 0.5) is 4.79 Å². The number of rotatable bonds is 3. The Kier molecular flexibility index (Phi) is 5.70. The Morgan fingerprint density at radius 1 is 1.41 bits per heavy atom. The molecule has 1 unspecified atom stereocenters. The van der Waals surface area contributed by atoms with Crippen LogP contribution in [0.1, 0.15) is 36.9 Å². The molecule has 1 atom stereocenters. The van der Waals surface area contributed by atoms with Gasteiger partial charge in [0, 0.05) is 18.1 Å². The molecular formula is C17H26ClN3O. The lowest BCUT2D eigenvalue weighted by atomic mass is 10.0. The average molecular weight is 324 g/mol. The van der Waals surface area contributed by atoms with E-state index < -0.39 is 0 Å². The summed E-state index contributed by atoms with van der Waals surface area (Å²) in [7, 11) is 4.01. The number of halogens is 1. The molecule has 1 heterocycles. The molecule has 1 aliphatic heterocycles. The van der Waals surface area contributed by atoms with Crippen LogP contribution in [-0.4, -0.2) is 49.1 Å². The zero-order valence-electron chi connectivity index (χ0n) is 13.9. The van der Waals surface area contributed by atoms with Crippen molar-refractivity contribution >= 4 is 17.6 Å². The molecule has 1 aromatic carbocycles. The molecule has 5 heteroatoms. The number of amides is 2. The molecule has 1 fully saturated rings. The Morgan fingerprint density at radius 3 is 2.68 bits per heavy atom. The molecule has 22 heavy (non-hydrogen) atoms. The SMILES string of the molecule is Cc1cccc(C(C)NC(=O)N(C)C2CCN(C)CC2)c1Cl. The van der Waals surface area contributed by atoms with Gasteiger partial charge in [0.1, 0.15) is 0 Å². The van der Waals surface area contributed by atoms with Crippen LogP contribution < -0.4 is 5.32 Å². The summed E-state index contributed by atoms with van der Waals surface area (Å²) in [6.45, 7) is 6.04. The van der Waals surface area contributed by atoms with Gasteiger partial charge in [-0.3, -0.25) is 0 Å². The first kappa shape index (κ1) is 17.1. The summed E-state index contributed by atoms with van der Waals surface area (Å²) in [5, 5.41) is 3.80. The topological polar surface area (TPSA) is 35.6 Å². The largest absolute Gasteiger partial charge is 0.331 e. The molecule has 2 rings (SSSR count). The number of hydrogen-bond donors (Lipinski definition) is 1. The number of nitrogens with one attached hydrogen (secondary N) is 1. The lowest BCUT2D eigenvalue weighted by molar-refractivity contribution is 0.146. The molecular weight excluding hydrogens is 298 g/mol. The zero-order chi connectivity index (χ0) is 16.3. The van der Waals surface area contributed by atoms with Crippen molar-refractivity contribution in [3.05, 3.63) is 34.3 Å². The van der Waals surface area contributed by atoms with Crippen molar-refractivity contribution in [2.24, 2.45) is 0 Å². The Bertz CT molecular complexity index is 527. The standard InChI is InChI=1S/C17H26ClN3O/c1-12-6-5-7-15(16(12)18)13(2)19-17(22)21(4)14-8-10-20(3)11-9-14/h5-7,13-14H,8-11H2,1-4H3,(H,19,22). The fourth-order valence-electron chi connectivity index (χ4n) is 2.92. The summed E-state index contributed by atoms with van der Waals surface area (Å²) in [6, 6.07) is 6.10. The molecule has 0 aliphatic carbocycles. The van der Waals surface area contributed by atoms with E-state index in [1.54, 1.807) is 0 Å². The van der Waals surface area contributed by atoms with Crippen molar-refractivity contribution in [1.29, 1.82) is 0 Å². The first-order valence-electron chi connectivity index (χ1n) is 7.87. The van der Waals surface area contributed by atoms with E-state index in [9.17, 15) is 4.79 Å². The molecule has 1 aromatic rings. The van der Waals surface area contributed by atoms with Gasteiger partial charge in [-0.25, -0.2) is 4.79 Å². The predicted molar refractivity (Wildman–Crippen MR) is 91.4 cm³/mol.